The highest BCUT2D eigenvalue weighted by Gasteiger charge is 2.35. The van der Waals surface area contributed by atoms with Gasteiger partial charge in [0.1, 0.15) is 0 Å². The Labute approximate surface area is 124 Å². The number of aliphatic hydroxyl groups is 1. The number of ether oxygens (including phenoxy) is 1. The topological polar surface area (TPSA) is 66.8 Å². The summed E-state index contributed by atoms with van der Waals surface area (Å²) in [5.41, 5.74) is 0.400. The van der Waals surface area contributed by atoms with E-state index in [1.54, 1.807) is 7.05 Å². The highest BCUT2D eigenvalue weighted by Crippen LogP contribution is 2.27. The Kier molecular flexibility index (Phi) is 4.71. The zero-order chi connectivity index (χ0) is 14.9. The van der Waals surface area contributed by atoms with Crippen molar-refractivity contribution in [2.24, 2.45) is 0 Å². The van der Waals surface area contributed by atoms with Crippen molar-refractivity contribution in [2.45, 2.75) is 37.0 Å². The van der Waals surface area contributed by atoms with Crippen molar-refractivity contribution in [1.82, 2.24) is 4.31 Å². The van der Waals surface area contributed by atoms with Gasteiger partial charge < -0.3 is 9.84 Å². The van der Waals surface area contributed by atoms with Gasteiger partial charge in [-0.05, 0) is 37.1 Å². The Balaban J connectivity index is 2.34. The summed E-state index contributed by atoms with van der Waals surface area (Å²) in [6.45, 7) is 2.13. The van der Waals surface area contributed by atoms with Crippen LogP contribution in [0, 0.1) is 0 Å². The minimum atomic E-state index is -3.62. The maximum absolute atomic E-state index is 12.6. The summed E-state index contributed by atoms with van der Waals surface area (Å²) < 4.78 is 31.9. The van der Waals surface area contributed by atoms with Gasteiger partial charge in [0, 0.05) is 18.7 Å². The first-order valence-corrected chi connectivity index (χ1v) is 8.18. The van der Waals surface area contributed by atoms with Crippen molar-refractivity contribution in [1.29, 1.82) is 0 Å². The highest BCUT2D eigenvalue weighted by atomic mass is 35.5. The van der Waals surface area contributed by atoms with E-state index in [2.05, 4.69) is 0 Å². The molecule has 1 aromatic carbocycles. The number of benzene rings is 1. The molecule has 0 spiro atoms. The number of hydrogen-bond donors (Lipinski definition) is 1. The van der Waals surface area contributed by atoms with E-state index >= 15 is 0 Å². The fourth-order valence-electron chi connectivity index (χ4n) is 2.38. The second-order valence-corrected chi connectivity index (χ2v) is 7.27. The molecule has 1 aromatic rings. The third kappa shape index (κ3) is 2.84. The molecule has 1 saturated heterocycles. The van der Waals surface area contributed by atoms with Crippen LogP contribution in [0.5, 0.6) is 0 Å². The van der Waals surface area contributed by atoms with E-state index in [9.17, 15) is 13.5 Å². The summed E-state index contributed by atoms with van der Waals surface area (Å²) in [7, 11) is -2.07. The normalized spacial score (nSPS) is 23.4. The Morgan fingerprint density at radius 3 is 2.75 bits per heavy atom. The lowest BCUT2D eigenvalue weighted by molar-refractivity contribution is 0.102. The molecule has 0 saturated carbocycles. The maximum atomic E-state index is 12.6. The largest absolute Gasteiger partial charge is 0.392 e. The smallest absolute Gasteiger partial charge is 0.243 e. The molecule has 1 N–H and O–H groups in total. The summed E-state index contributed by atoms with van der Waals surface area (Å²) in [5.74, 6) is 0. The molecule has 1 aliphatic rings. The molecule has 1 aliphatic heterocycles. The molecular weight excluding hydrogens is 302 g/mol. The van der Waals surface area contributed by atoms with Crippen LogP contribution in [0.1, 0.15) is 18.9 Å². The molecule has 1 heterocycles. The summed E-state index contributed by atoms with van der Waals surface area (Å²) >= 11 is 5.89. The van der Waals surface area contributed by atoms with Crippen molar-refractivity contribution in [3.63, 3.8) is 0 Å². The number of sulfonamides is 1. The van der Waals surface area contributed by atoms with Gasteiger partial charge in [-0.2, -0.15) is 4.31 Å². The first-order chi connectivity index (χ1) is 9.37. The average Bonchev–Trinajstić information content (AvgIpc) is 2.84. The Hall–Kier alpha value is -0.660. The molecule has 0 bridgehead atoms. The summed E-state index contributed by atoms with van der Waals surface area (Å²) in [6.07, 6.45) is 0.552. The summed E-state index contributed by atoms with van der Waals surface area (Å²) in [5, 5.41) is 9.54. The van der Waals surface area contributed by atoms with Crippen LogP contribution in [0.2, 0.25) is 5.02 Å². The van der Waals surface area contributed by atoms with Crippen LogP contribution < -0.4 is 0 Å². The molecule has 112 valence electrons. The van der Waals surface area contributed by atoms with E-state index in [0.29, 0.717) is 23.6 Å². The van der Waals surface area contributed by atoms with E-state index in [0.717, 1.165) is 0 Å². The second-order valence-electron chi connectivity index (χ2n) is 4.86. The van der Waals surface area contributed by atoms with E-state index in [4.69, 9.17) is 16.3 Å². The number of aliphatic hydroxyl groups excluding tert-OH is 1. The molecule has 2 rings (SSSR count). The van der Waals surface area contributed by atoms with Crippen LogP contribution >= 0.6 is 11.6 Å². The van der Waals surface area contributed by atoms with Crippen molar-refractivity contribution in [2.75, 3.05) is 13.7 Å². The van der Waals surface area contributed by atoms with Crippen LogP contribution in [0.15, 0.2) is 23.1 Å². The first kappa shape index (κ1) is 15.7. The lowest BCUT2D eigenvalue weighted by atomic mass is 10.2. The average molecular weight is 320 g/mol. The molecule has 0 amide bonds. The fraction of sp³-hybridized carbons (Fsp3) is 0.538. The van der Waals surface area contributed by atoms with Gasteiger partial charge in [-0.15, -0.1) is 0 Å². The van der Waals surface area contributed by atoms with E-state index < -0.39 is 10.0 Å². The molecule has 0 aromatic heterocycles. The monoisotopic (exact) mass is 319 g/mol. The van der Waals surface area contributed by atoms with Gasteiger partial charge in [0.15, 0.2) is 0 Å². The van der Waals surface area contributed by atoms with Crippen molar-refractivity contribution in [3.05, 3.63) is 28.8 Å². The third-order valence-corrected chi connectivity index (χ3v) is 5.92. The van der Waals surface area contributed by atoms with E-state index in [1.807, 2.05) is 6.92 Å². The predicted octanol–water partition coefficient (Wildman–Crippen LogP) is 1.63. The fourth-order valence-corrected chi connectivity index (χ4v) is 4.05. The molecule has 20 heavy (non-hydrogen) atoms. The SMILES string of the molecule is CC1OCCC1N(C)S(=O)(=O)c1ccc(Cl)c(CO)c1. The zero-order valence-corrected chi connectivity index (χ0v) is 13.0. The quantitative estimate of drug-likeness (QED) is 0.916. The number of halogens is 1. The van der Waals surface area contributed by atoms with Crippen molar-refractivity contribution in [3.8, 4) is 0 Å². The summed E-state index contributed by atoms with van der Waals surface area (Å²) in [6, 6.07) is 4.18. The predicted molar refractivity (Wildman–Crippen MR) is 76.1 cm³/mol. The zero-order valence-electron chi connectivity index (χ0n) is 11.4. The standard InChI is InChI=1S/C13H18ClNO4S/c1-9-13(5-6-19-9)15(2)20(17,18)11-3-4-12(14)10(7-11)8-16/h3-4,7,9,13,16H,5-6,8H2,1-2H3. The van der Waals surface area contributed by atoms with Crippen LogP contribution in [0.25, 0.3) is 0 Å². The Morgan fingerprint density at radius 2 is 2.20 bits per heavy atom. The van der Waals surface area contributed by atoms with Crippen molar-refractivity contribution < 1.29 is 18.3 Å². The molecule has 2 atom stereocenters. The van der Waals surface area contributed by atoms with Crippen LogP contribution in [0.3, 0.4) is 0 Å². The van der Waals surface area contributed by atoms with Gasteiger partial charge in [0.25, 0.3) is 0 Å². The second kappa shape index (κ2) is 5.99. The van der Waals surface area contributed by atoms with Crippen LogP contribution in [-0.4, -0.2) is 43.6 Å². The van der Waals surface area contributed by atoms with Gasteiger partial charge in [0.05, 0.1) is 23.6 Å². The number of nitrogens with zero attached hydrogens (tertiary/aromatic N) is 1. The first-order valence-electron chi connectivity index (χ1n) is 6.37. The van der Waals surface area contributed by atoms with E-state index in [1.165, 1.54) is 22.5 Å². The lowest BCUT2D eigenvalue weighted by Crippen LogP contribution is -2.40. The molecule has 7 heteroatoms. The van der Waals surface area contributed by atoms with E-state index in [-0.39, 0.29) is 23.6 Å². The van der Waals surface area contributed by atoms with Gasteiger partial charge >= 0.3 is 0 Å². The Bertz CT molecular complexity index is 590. The van der Waals surface area contributed by atoms with Crippen LogP contribution in [0.4, 0.5) is 0 Å². The minimum absolute atomic E-state index is 0.126. The number of likely N-dealkylation sites (N-methyl/N-ethyl adjacent to an activating group) is 1. The van der Waals surface area contributed by atoms with Crippen LogP contribution in [-0.2, 0) is 21.4 Å². The van der Waals surface area contributed by atoms with Gasteiger partial charge in [-0.3, -0.25) is 0 Å². The number of rotatable bonds is 4. The Morgan fingerprint density at radius 1 is 1.50 bits per heavy atom. The summed E-state index contributed by atoms with van der Waals surface area (Å²) in [4.78, 5) is 0.132. The number of hydrogen-bond acceptors (Lipinski definition) is 4. The molecule has 2 unspecified atom stereocenters. The maximum Gasteiger partial charge on any atom is 0.243 e. The van der Waals surface area contributed by atoms with Gasteiger partial charge in [0.2, 0.25) is 10.0 Å². The van der Waals surface area contributed by atoms with Gasteiger partial charge in [-0.1, -0.05) is 11.6 Å². The minimum Gasteiger partial charge on any atom is -0.392 e. The molecular formula is C13H18ClNO4S. The molecule has 5 nitrogen and oxygen atoms in total. The molecule has 0 aliphatic carbocycles. The lowest BCUT2D eigenvalue weighted by Gasteiger charge is -2.26. The third-order valence-electron chi connectivity index (χ3n) is 3.67. The molecule has 1 fully saturated rings. The molecule has 0 radical (unpaired) electrons. The highest BCUT2D eigenvalue weighted by molar-refractivity contribution is 7.89. The van der Waals surface area contributed by atoms with Gasteiger partial charge in [-0.25, -0.2) is 8.42 Å². The van der Waals surface area contributed by atoms with Crippen molar-refractivity contribution >= 4 is 21.6 Å².